The van der Waals surface area contributed by atoms with Gasteiger partial charge in [-0.3, -0.25) is 14.8 Å². The molecular weight excluding hydrogens is 340 g/mol. The lowest BCUT2D eigenvalue weighted by Crippen LogP contribution is -2.28. The molecule has 3 rings (SSSR count). The van der Waals surface area contributed by atoms with Crippen molar-refractivity contribution in [2.75, 3.05) is 13.7 Å². The lowest BCUT2D eigenvalue weighted by molar-refractivity contribution is -0.123. The van der Waals surface area contributed by atoms with Crippen molar-refractivity contribution >= 4 is 17.2 Å². The Kier molecular flexibility index (Phi) is 5.53. The molecule has 0 spiro atoms. The van der Waals surface area contributed by atoms with Crippen molar-refractivity contribution in [1.29, 1.82) is 0 Å². The van der Waals surface area contributed by atoms with E-state index in [4.69, 9.17) is 9.47 Å². The van der Waals surface area contributed by atoms with E-state index in [1.54, 1.807) is 43.9 Å². The third-order valence-electron chi connectivity index (χ3n) is 3.21. The van der Waals surface area contributed by atoms with Crippen molar-refractivity contribution in [2.45, 2.75) is 6.54 Å². The average Bonchev–Trinajstić information content (AvgIpc) is 3.15. The van der Waals surface area contributed by atoms with Crippen LogP contribution in [0, 0.1) is 0 Å². The molecule has 1 amide bonds. The molecule has 0 aliphatic carbocycles. The molecule has 0 saturated carbocycles. The molecular formula is C17H16N4O3S. The van der Waals surface area contributed by atoms with Crippen LogP contribution in [0.3, 0.4) is 0 Å². The van der Waals surface area contributed by atoms with Gasteiger partial charge in [0.15, 0.2) is 6.61 Å². The molecule has 0 unspecified atom stereocenters. The van der Waals surface area contributed by atoms with Gasteiger partial charge < -0.3 is 14.8 Å². The summed E-state index contributed by atoms with van der Waals surface area (Å²) in [7, 11) is 1.58. The van der Waals surface area contributed by atoms with Crippen molar-refractivity contribution in [3.63, 3.8) is 0 Å². The zero-order valence-corrected chi connectivity index (χ0v) is 14.3. The monoisotopic (exact) mass is 356 g/mol. The normalized spacial score (nSPS) is 10.3. The number of carbonyl (C=O) groups excluding carboxylic acids is 1. The Morgan fingerprint density at radius 1 is 1.28 bits per heavy atom. The van der Waals surface area contributed by atoms with Crippen LogP contribution in [0.5, 0.6) is 11.5 Å². The first kappa shape index (κ1) is 16.8. The number of hydrogen-bond acceptors (Lipinski definition) is 7. The van der Waals surface area contributed by atoms with E-state index in [1.807, 2.05) is 11.4 Å². The highest BCUT2D eigenvalue weighted by Crippen LogP contribution is 2.21. The molecule has 0 atom stereocenters. The number of carbonyl (C=O) groups is 1. The molecule has 25 heavy (non-hydrogen) atoms. The van der Waals surface area contributed by atoms with Crippen molar-refractivity contribution < 1.29 is 14.3 Å². The van der Waals surface area contributed by atoms with E-state index >= 15 is 0 Å². The van der Waals surface area contributed by atoms with E-state index in [1.165, 1.54) is 11.3 Å². The lowest BCUT2D eigenvalue weighted by Gasteiger charge is -2.07. The number of rotatable bonds is 7. The number of benzene rings is 1. The van der Waals surface area contributed by atoms with Crippen LogP contribution < -0.4 is 14.8 Å². The third kappa shape index (κ3) is 4.74. The standard InChI is InChI=1S/C17H16N4O3S/c1-23-13-3-2-4-14(7-13)24-10-16(22)20-8-12-11-25-17(21-12)15-9-18-5-6-19-15/h2-7,9,11H,8,10H2,1H3,(H,20,22). The summed E-state index contributed by atoms with van der Waals surface area (Å²) in [5, 5.41) is 5.43. The van der Waals surface area contributed by atoms with E-state index in [-0.39, 0.29) is 12.5 Å². The molecule has 0 aliphatic heterocycles. The smallest absolute Gasteiger partial charge is 0.258 e. The van der Waals surface area contributed by atoms with Crippen LogP contribution in [-0.2, 0) is 11.3 Å². The fourth-order valence-electron chi connectivity index (χ4n) is 2.00. The Bertz CT molecular complexity index is 839. The van der Waals surface area contributed by atoms with E-state index in [0.717, 1.165) is 10.7 Å². The molecule has 2 heterocycles. The molecule has 3 aromatic rings. The van der Waals surface area contributed by atoms with Gasteiger partial charge >= 0.3 is 0 Å². The van der Waals surface area contributed by atoms with Crippen molar-refractivity contribution in [1.82, 2.24) is 20.3 Å². The topological polar surface area (TPSA) is 86.2 Å². The molecule has 2 aromatic heterocycles. The maximum atomic E-state index is 11.9. The van der Waals surface area contributed by atoms with Gasteiger partial charge in [0.05, 0.1) is 25.5 Å². The number of amides is 1. The average molecular weight is 356 g/mol. The third-order valence-corrected chi connectivity index (χ3v) is 4.13. The van der Waals surface area contributed by atoms with Crippen molar-refractivity contribution in [3.05, 3.63) is 53.9 Å². The predicted octanol–water partition coefficient (Wildman–Crippen LogP) is 2.30. The van der Waals surface area contributed by atoms with Gasteiger partial charge in [-0.1, -0.05) is 6.07 Å². The number of nitrogens with one attached hydrogen (secondary N) is 1. The van der Waals surface area contributed by atoms with Gasteiger partial charge in [0, 0.05) is 23.8 Å². The minimum absolute atomic E-state index is 0.0751. The van der Waals surface area contributed by atoms with Gasteiger partial charge in [0.2, 0.25) is 0 Å². The lowest BCUT2D eigenvalue weighted by atomic mass is 10.3. The highest BCUT2D eigenvalue weighted by Gasteiger charge is 2.08. The molecule has 7 nitrogen and oxygen atoms in total. The van der Waals surface area contributed by atoms with Crippen molar-refractivity contribution in [2.24, 2.45) is 0 Å². The number of nitrogens with zero attached hydrogens (tertiary/aromatic N) is 3. The summed E-state index contributed by atoms with van der Waals surface area (Å²) in [4.78, 5) is 24.6. The predicted molar refractivity (Wildman–Crippen MR) is 93.5 cm³/mol. The second-order valence-electron chi connectivity index (χ2n) is 4.98. The first-order valence-electron chi connectivity index (χ1n) is 7.49. The van der Waals surface area contributed by atoms with Crippen LogP contribution in [-0.4, -0.2) is 34.6 Å². The molecule has 128 valence electrons. The molecule has 0 bridgehead atoms. The van der Waals surface area contributed by atoms with Gasteiger partial charge in [-0.15, -0.1) is 11.3 Å². The van der Waals surface area contributed by atoms with Gasteiger partial charge in [-0.05, 0) is 12.1 Å². The number of aromatic nitrogens is 3. The Morgan fingerprint density at radius 2 is 2.16 bits per heavy atom. The fourth-order valence-corrected chi connectivity index (χ4v) is 2.78. The van der Waals surface area contributed by atoms with Crippen molar-refractivity contribution in [3.8, 4) is 22.2 Å². The van der Waals surface area contributed by atoms with E-state index in [2.05, 4.69) is 20.3 Å². The summed E-state index contributed by atoms with van der Waals surface area (Å²) in [6.45, 7) is 0.255. The summed E-state index contributed by atoms with van der Waals surface area (Å²) in [5.74, 6) is 1.03. The zero-order valence-electron chi connectivity index (χ0n) is 13.5. The summed E-state index contributed by atoms with van der Waals surface area (Å²) < 4.78 is 10.6. The quantitative estimate of drug-likeness (QED) is 0.699. The maximum Gasteiger partial charge on any atom is 0.258 e. The van der Waals surface area contributed by atoms with E-state index in [0.29, 0.717) is 23.7 Å². The molecule has 0 fully saturated rings. The highest BCUT2D eigenvalue weighted by atomic mass is 32.1. The van der Waals surface area contributed by atoms with E-state index in [9.17, 15) is 4.79 Å². The van der Waals surface area contributed by atoms with Crippen LogP contribution in [0.25, 0.3) is 10.7 Å². The second-order valence-corrected chi connectivity index (χ2v) is 5.84. The summed E-state index contributed by atoms with van der Waals surface area (Å²) >= 11 is 1.46. The SMILES string of the molecule is COc1cccc(OCC(=O)NCc2csc(-c3cnccn3)n2)c1. The largest absolute Gasteiger partial charge is 0.497 e. The Morgan fingerprint density at radius 3 is 2.96 bits per heavy atom. The van der Waals surface area contributed by atoms with E-state index < -0.39 is 0 Å². The van der Waals surface area contributed by atoms with Gasteiger partial charge in [0.25, 0.3) is 5.91 Å². The summed E-state index contributed by atoms with van der Waals surface area (Å²) in [6, 6.07) is 7.10. The maximum absolute atomic E-state index is 11.9. The van der Waals surface area contributed by atoms with Crippen LogP contribution in [0.15, 0.2) is 48.2 Å². The van der Waals surface area contributed by atoms with Crippen LogP contribution in [0.2, 0.25) is 0 Å². The summed E-state index contributed by atoms with van der Waals surface area (Å²) in [5.41, 5.74) is 1.48. The number of hydrogen-bond donors (Lipinski definition) is 1. The molecule has 1 N–H and O–H groups in total. The van der Waals surface area contributed by atoms with Crippen LogP contribution in [0.1, 0.15) is 5.69 Å². The first-order valence-corrected chi connectivity index (χ1v) is 8.37. The zero-order chi connectivity index (χ0) is 17.5. The molecule has 0 saturated heterocycles. The Labute approximate surface area is 148 Å². The number of ether oxygens (including phenoxy) is 2. The minimum Gasteiger partial charge on any atom is -0.497 e. The summed E-state index contributed by atoms with van der Waals surface area (Å²) in [6.07, 6.45) is 4.89. The first-order chi connectivity index (χ1) is 12.2. The van der Waals surface area contributed by atoms with Crippen LogP contribution in [0.4, 0.5) is 0 Å². The second kappa shape index (κ2) is 8.20. The van der Waals surface area contributed by atoms with Crippen LogP contribution >= 0.6 is 11.3 Å². The molecule has 1 aromatic carbocycles. The minimum atomic E-state index is -0.225. The Balaban J connectivity index is 1.48. The molecule has 0 radical (unpaired) electrons. The highest BCUT2D eigenvalue weighted by molar-refractivity contribution is 7.13. The Hall–Kier alpha value is -3.00. The number of thiazole rings is 1. The molecule has 8 heteroatoms. The van der Waals surface area contributed by atoms with Gasteiger partial charge in [-0.25, -0.2) is 4.98 Å². The molecule has 0 aliphatic rings. The fraction of sp³-hybridized carbons (Fsp3) is 0.176. The number of methoxy groups -OCH3 is 1. The van der Waals surface area contributed by atoms with Gasteiger partial charge in [-0.2, -0.15) is 0 Å². The van der Waals surface area contributed by atoms with Gasteiger partial charge in [0.1, 0.15) is 22.2 Å².